The number of hydrogen-bond donors (Lipinski definition) is 2. The Labute approximate surface area is 113 Å². The molecule has 0 fully saturated rings. The highest BCUT2D eigenvalue weighted by Crippen LogP contribution is 2.10. The summed E-state index contributed by atoms with van der Waals surface area (Å²) >= 11 is 0. The van der Waals surface area contributed by atoms with Crippen LogP contribution in [-0.2, 0) is 6.54 Å². The van der Waals surface area contributed by atoms with E-state index in [1.807, 2.05) is 24.3 Å². The van der Waals surface area contributed by atoms with Crippen molar-refractivity contribution in [2.75, 3.05) is 0 Å². The molecule has 0 spiro atoms. The fourth-order valence-electron chi connectivity index (χ4n) is 1.89. The van der Waals surface area contributed by atoms with Crippen molar-refractivity contribution in [3.63, 3.8) is 0 Å². The average Bonchev–Trinajstić information content (AvgIpc) is 2.87. The molecule has 3 rings (SSSR count). The second kappa shape index (κ2) is 5.08. The van der Waals surface area contributed by atoms with E-state index in [-0.39, 0.29) is 12.1 Å². The standard InChI is InChI=1S/C14H11FN4O/c15-10-5-9(6-16-7-10)14(20)17-8-13-18-11-3-1-2-4-12(11)19-13/h1-7H,8H2,(H,17,20)(H,18,19). The number of rotatable bonds is 3. The molecule has 0 bridgehead atoms. The highest BCUT2D eigenvalue weighted by Gasteiger charge is 2.08. The summed E-state index contributed by atoms with van der Waals surface area (Å²) in [5.41, 5.74) is 1.93. The Balaban J connectivity index is 1.71. The number of carbonyl (C=O) groups is 1. The molecule has 2 heterocycles. The molecule has 0 saturated heterocycles. The van der Waals surface area contributed by atoms with Crippen LogP contribution >= 0.6 is 0 Å². The lowest BCUT2D eigenvalue weighted by Gasteiger charge is -2.02. The fourth-order valence-corrected chi connectivity index (χ4v) is 1.89. The number of H-pyrrole nitrogens is 1. The topological polar surface area (TPSA) is 70.7 Å². The van der Waals surface area contributed by atoms with Crippen LogP contribution in [-0.4, -0.2) is 20.9 Å². The highest BCUT2D eigenvalue weighted by molar-refractivity contribution is 5.93. The average molecular weight is 270 g/mol. The van der Waals surface area contributed by atoms with E-state index in [0.29, 0.717) is 5.82 Å². The Morgan fingerprint density at radius 3 is 2.95 bits per heavy atom. The smallest absolute Gasteiger partial charge is 0.253 e. The van der Waals surface area contributed by atoms with Gasteiger partial charge in [0, 0.05) is 6.20 Å². The molecule has 0 aliphatic heterocycles. The molecule has 0 radical (unpaired) electrons. The monoisotopic (exact) mass is 270 g/mol. The van der Waals surface area contributed by atoms with E-state index in [0.717, 1.165) is 23.3 Å². The minimum Gasteiger partial charge on any atom is -0.345 e. The normalized spacial score (nSPS) is 10.7. The molecule has 20 heavy (non-hydrogen) atoms. The summed E-state index contributed by atoms with van der Waals surface area (Å²) in [4.78, 5) is 22.9. The SMILES string of the molecule is O=C(NCc1nc2ccccc2[nH]1)c1cncc(F)c1. The van der Waals surface area contributed by atoms with Gasteiger partial charge in [-0.25, -0.2) is 9.37 Å². The maximum atomic E-state index is 13.0. The highest BCUT2D eigenvalue weighted by atomic mass is 19.1. The van der Waals surface area contributed by atoms with Gasteiger partial charge in [-0.05, 0) is 18.2 Å². The van der Waals surface area contributed by atoms with Gasteiger partial charge in [0.25, 0.3) is 5.91 Å². The van der Waals surface area contributed by atoms with Gasteiger partial charge in [0.2, 0.25) is 0 Å². The Hall–Kier alpha value is -2.76. The van der Waals surface area contributed by atoms with E-state index in [1.165, 1.54) is 6.20 Å². The molecular formula is C14H11FN4O. The third kappa shape index (κ3) is 2.49. The largest absolute Gasteiger partial charge is 0.345 e. The summed E-state index contributed by atoms with van der Waals surface area (Å²) in [5, 5.41) is 2.66. The molecular weight excluding hydrogens is 259 g/mol. The summed E-state index contributed by atoms with van der Waals surface area (Å²) < 4.78 is 13.0. The minimum absolute atomic E-state index is 0.182. The molecule has 5 nitrogen and oxygen atoms in total. The van der Waals surface area contributed by atoms with Crippen LogP contribution in [0.3, 0.4) is 0 Å². The third-order valence-corrected chi connectivity index (χ3v) is 2.82. The number of benzene rings is 1. The maximum Gasteiger partial charge on any atom is 0.253 e. The summed E-state index contributed by atoms with van der Waals surface area (Å²) in [5.74, 6) is -0.289. The molecule has 0 aliphatic rings. The number of halogens is 1. The van der Waals surface area contributed by atoms with Crippen LogP contribution in [0.1, 0.15) is 16.2 Å². The Morgan fingerprint density at radius 2 is 2.15 bits per heavy atom. The number of nitrogens with zero attached hydrogens (tertiary/aromatic N) is 2. The number of imidazole rings is 1. The van der Waals surface area contributed by atoms with Crippen molar-refractivity contribution in [2.45, 2.75) is 6.54 Å². The Kier molecular flexibility index (Phi) is 3.12. The lowest BCUT2D eigenvalue weighted by Crippen LogP contribution is -2.23. The number of fused-ring (bicyclic) bond motifs is 1. The predicted molar refractivity (Wildman–Crippen MR) is 71.5 cm³/mol. The van der Waals surface area contributed by atoms with Gasteiger partial charge in [0.15, 0.2) is 0 Å². The van der Waals surface area contributed by atoms with Crippen LogP contribution in [0.4, 0.5) is 4.39 Å². The number of carbonyl (C=O) groups excluding carboxylic acids is 1. The van der Waals surface area contributed by atoms with Crippen LogP contribution in [0.2, 0.25) is 0 Å². The minimum atomic E-state index is -0.540. The van der Waals surface area contributed by atoms with Crippen molar-refractivity contribution >= 4 is 16.9 Å². The van der Waals surface area contributed by atoms with Crippen LogP contribution in [0.15, 0.2) is 42.7 Å². The van der Waals surface area contributed by atoms with Crippen molar-refractivity contribution < 1.29 is 9.18 Å². The van der Waals surface area contributed by atoms with Gasteiger partial charge in [0.1, 0.15) is 11.6 Å². The van der Waals surface area contributed by atoms with Crippen LogP contribution in [0, 0.1) is 5.82 Å². The van der Waals surface area contributed by atoms with Crippen LogP contribution in [0.25, 0.3) is 11.0 Å². The van der Waals surface area contributed by atoms with Gasteiger partial charge in [-0.1, -0.05) is 12.1 Å². The third-order valence-electron chi connectivity index (χ3n) is 2.82. The number of aromatic amines is 1. The summed E-state index contributed by atoms with van der Waals surface area (Å²) in [6.07, 6.45) is 2.37. The van der Waals surface area contributed by atoms with E-state index in [2.05, 4.69) is 20.3 Å². The van der Waals surface area contributed by atoms with Gasteiger partial charge in [-0.3, -0.25) is 9.78 Å². The molecule has 2 N–H and O–H groups in total. The van der Waals surface area contributed by atoms with E-state index >= 15 is 0 Å². The number of aromatic nitrogens is 3. The summed E-state index contributed by atoms with van der Waals surface area (Å²) in [6, 6.07) is 8.73. The first-order valence-corrected chi connectivity index (χ1v) is 6.05. The number of hydrogen-bond acceptors (Lipinski definition) is 3. The van der Waals surface area contributed by atoms with Crippen molar-refractivity contribution in [3.8, 4) is 0 Å². The van der Waals surface area contributed by atoms with E-state index < -0.39 is 11.7 Å². The van der Waals surface area contributed by atoms with Gasteiger partial charge >= 0.3 is 0 Å². The molecule has 0 unspecified atom stereocenters. The van der Waals surface area contributed by atoms with Gasteiger partial charge in [0.05, 0.1) is 29.3 Å². The van der Waals surface area contributed by atoms with Crippen molar-refractivity contribution in [3.05, 3.63) is 59.9 Å². The summed E-state index contributed by atoms with van der Waals surface area (Å²) in [6.45, 7) is 0.240. The Bertz CT molecular complexity index is 735. The number of pyridine rings is 1. The molecule has 0 atom stereocenters. The zero-order valence-electron chi connectivity index (χ0n) is 10.4. The second-order valence-electron chi connectivity index (χ2n) is 4.28. The number of amides is 1. The first kappa shape index (κ1) is 12.3. The van der Waals surface area contributed by atoms with E-state index in [1.54, 1.807) is 0 Å². The predicted octanol–water partition coefficient (Wildman–Crippen LogP) is 2.03. The lowest BCUT2D eigenvalue weighted by molar-refractivity contribution is 0.0949. The number of nitrogens with one attached hydrogen (secondary N) is 2. The van der Waals surface area contributed by atoms with Crippen LogP contribution in [0.5, 0.6) is 0 Å². The number of para-hydroxylation sites is 2. The van der Waals surface area contributed by atoms with Crippen molar-refractivity contribution in [1.29, 1.82) is 0 Å². The van der Waals surface area contributed by atoms with E-state index in [9.17, 15) is 9.18 Å². The van der Waals surface area contributed by atoms with E-state index in [4.69, 9.17) is 0 Å². The molecule has 100 valence electrons. The molecule has 1 amide bonds. The van der Waals surface area contributed by atoms with Gasteiger partial charge < -0.3 is 10.3 Å². The lowest BCUT2D eigenvalue weighted by atomic mass is 10.2. The van der Waals surface area contributed by atoms with Gasteiger partial charge in [-0.15, -0.1) is 0 Å². The zero-order chi connectivity index (χ0) is 13.9. The molecule has 1 aromatic carbocycles. The second-order valence-corrected chi connectivity index (χ2v) is 4.28. The Morgan fingerprint density at radius 1 is 1.30 bits per heavy atom. The van der Waals surface area contributed by atoms with Gasteiger partial charge in [-0.2, -0.15) is 0 Å². The fraction of sp³-hybridized carbons (Fsp3) is 0.0714. The first-order chi connectivity index (χ1) is 9.72. The van der Waals surface area contributed by atoms with Crippen LogP contribution < -0.4 is 5.32 Å². The van der Waals surface area contributed by atoms with Crippen molar-refractivity contribution in [2.24, 2.45) is 0 Å². The quantitative estimate of drug-likeness (QED) is 0.765. The molecule has 0 aliphatic carbocycles. The van der Waals surface area contributed by atoms with Crippen molar-refractivity contribution in [1.82, 2.24) is 20.3 Å². The maximum absolute atomic E-state index is 13.0. The molecule has 3 aromatic rings. The molecule has 2 aromatic heterocycles. The molecule has 6 heteroatoms. The first-order valence-electron chi connectivity index (χ1n) is 6.05. The summed E-state index contributed by atoms with van der Waals surface area (Å²) in [7, 11) is 0. The molecule has 0 saturated carbocycles. The zero-order valence-corrected chi connectivity index (χ0v) is 10.4.